The molecule has 0 radical (unpaired) electrons. The molecule has 3 aromatic rings. The molecule has 0 unspecified atom stereocenters. The highest BCUT2D eigenvalue weighted by atomic mass is 15.2. The van der Waals surface area contributed by atoms with Crippen molar-refractivity contribution in [3.05, 3.63) is 107 Å². The van der Waals surface area contributed by atoms with E-state index in [-0.39, 0.29) is 0 Å². The van der Waals surface area contributed by atoms with Crippen LogP contribution in [0.3, 0.4) is 0 Å². The zero-order chi connectivity index (χ0) is 16.4. The lowest BCUT2D eigenvalue weighted by Gasteiger charge is -2.45. The molecule has 4 rings (SSSR count). The van der Waals surface area contributed by atoms with Crippen molar-refractivity contribution in [1.82, 2.24) is 4.90 Å². The number of likely N-dealkylation sites (tertiary alicyclic amines) is 1. The van der Waals surface area contributed by atoms with Crippen LogP contribution in [0.1, 0.15) is 34.2 Å². The standard InChI is InChI=1S/C23H23N/c1-18-10-8-9-15-22(18)21-16-24(17-21)23(19-11-4-2-5-12-19)20-13-6-3-7-14-20/h2-15,21,23H,16-17H2,1H3. The van der Waals surface area contributed by atoms with Crippen LogP contribution < -0.4 is 0 Å². The molecule has 0 saturated carbocycles. The van der Waals surface area contributed by atoms with Crippen molar-refractivity contribution < 1.29 is 0 Å². The van der Waals surface area contributed by atoms with Gasteiger partial charge in [0.1, 0.15) is 0 Å². The Bertz CT molecular complexity index is 749. The first-order valence-electron chi connectivity index (χ1n) is 8.72. The summed E-state index contributed by atoms with van der Waals surface area (Å²) in [5.41, 5.74) is 5.69. The quantitative estimate of drug-likeness (QED) is 0.641. The molecule has 0 amide bonds. The molecule has 1 aliphatic rings. The Hall–Kier alpha value is -2.38. The van der Waals surface area contributed by atoms with E-state index in [4.69, 9.17) is 0 Å². The predicted molar refractivity (Wildman–Crippen MR) is 100 cm³/mol. The molecule has 0 spiro atoms. The van der Waals surface area contributed by atoms with E-state index in [1.807, 2.05) is 0 Å². The maximum Gasteiger partial charge on any atom is 0.0602 e. The van der Waals surface area contributed by atoms with Gasteiger partial charge in [-0.2, -0.15) is 0 Å². The molecule has 0 aliphatic carbocycles. The van der Waals surface area contributed by atoms with E-state index >= 15 is 0 Å². The highest BCUT2D eigenvalue weighted by Gasteiger charge is 2.35. The minimum atomic E-state index is 0.354. The van der Waals surface area contributed by atoms with E-state index in [9.17, 15) is 0 Å². The third-order valence-electron chi connectivity index (χ3n) is 5.13. The fourth-order valence-electron chi connectivity index (χ4n) is 3.85. The SMILES string of the molecule is Cc1ccccc1C1CN(C(c2ccccc2)c2ccccc2)C1. The van der Waals surface area contributed by atoms with Crippen LogP contribution in [0.4, 0.5) is 0 Å². The zero-order valence-electron chi connectivity index (χ0n) is 14.1. The van der Waals surface area contributed by atoms with Gasteiger partial charge in [-0.05, 0) is 29.2 Å². The molecule has 120 valence electrons. The second kappa shape index (κ2) is 6.62. The molecule has 0 aromatic heterocycles. The minimum absolute atomic E-state index is 0.354. The number of benzene rings is 3. The van der Waals surface area contributed by atoms with E-state index in [2.05, 4.69) is 96.8 Å². The van der Waals surface area contributed by atoms with Gasteiger partial charge in [-0.1, -0.05) is 84.9 Å². The van der Waals surface area contributed by atoms with Gasteiger partial charge >= 0.3 is 0 Å². The molecule has 1 nitrogen and oxygen atoms in total. The first kappa shape index (κ1) is 15.2. The normalized spacial score (nSPS) is 15.4. The second-order valence-corrected chi connectivity index (χ2v) is 6.73. The number of hydrogen-bond donors (Lipinski definition) is 0. The van der Waals surface area contributed by atoms with Gasteiger partial charge < -0.3 is 0 Å². The van der Waals surface area contributed by atoms with Crippen LogP contribution in [-0.4, -0.2) is 18.0 Å². The van der Waals surface area contributed by atoms with E-state index < -0.39 is 0 Å². The summed E-state index contributed by atoms with van der Waals surface area (Å²) in [6, 6.07) is 30.9. The molecular weight excluding hydrogens is 290 g/mol. The lowest BCUT2D eigenvalue weighted by atomic mass is 9.85. The van der Waals surface area contributed by atoms with Crippen LogP contribution in [0.25, 0.3) is 0 Å². The average molecular weight is 313 g/mol. The summed E-state index contributed by atoms with van der Waals surface area (Å²) in [4.78, 5) is 2.60. The summed E-state index contributed by atoms with van der Waals surface area (Å²) >= 11 is 0. The molecule has 1 fully saturated rings. The van der Waals surface area contributed by atoms with Crippen molar-refractivity contribution in [3.8, 4) is 0 Å². The van der Waals surface area contributed by atoms with Crippen molar-refractivity contribution >= 4 is 0 Å². The Kier molecular flexibility index (Phi) is 4.18. The lowest BCUT2D eigenvalue weighted by Crippen LogP contribution is -2.47. The van der Waals surface area contributed by atoms with Crippen LogP contribution in [0.5, 0.6) is 0 Å². The molecule has 0 bridgehead atoms. The Morgan fingerprint density at radius 2 is 1.21 bits per heavy atom. The highest BCUT2D eigenvalue weighted by Crippen LogP contribution is 2.38. The van der Waals surface area contributed by atoms with E-state index in [1.165, 1.54) is 22.3 Å². The average Bonchev–Trinajstić information content (AvgIpc) is 2.60. The van der Waals surface area contributed by atoms with Gasteiger partial charge in [0.25, 0.3) is 0 Å². The summed E-state index contributed by atoms with van der Waals surface area (Å²) < 4.78 is 0. The molecular formula is C23H23N. The summed E-state index contributed by atoms with van der Waals surface area (Å²) in [6.45, 7) is 4.47. The van der Waals surface area contributed by atoms with Crippen LogP contribution in [0.15, 0.2) is 84.9 Å². The van der Waals surface area contributed by atoms with Crippen LogP contribution in [0, 0.1) is 6.92 Å². The van der Waals surface area contributed by atoms with Gasteiger partial charge in [0.2, 0.25) is 0 Å². The highest BCUT2D eigenvalue weighted by molar-refractivity contribution is 5.36. The largest absolute Gasteiger partial charge is 0.291 e. The summed E-state index contributed by atoms with van der Waals surface area (Å²) in [7, 11) is 0. The van der Waals surface area contributed by atoms with Gasteiger partial charge in [-0.3, -0.25) is 4.90 Å². The molecule has 1 saturated heterocycles. The van der Waals surface area contributed by atoms with Gasteiger partial charge in [0.15, 0.2) is 0 Å². The molecule has 0 atom stereocenters. The molecule has 24 heavy (non-hydrogen) atoms. The van der Waals surface area contributed by atoms with Crippen LogP contribution in [0.2, 0.25) is 0 Å². The summed E-state index contributed by atoms with van der Waals surface area (Å²) in [5, 5.41) is 0. The van der Waals surface area contributed by atoms with E-state index in [0.29, 0.717) is 12.0 Å². The fraction of sp³-hybridized carbons (Fsp3) is 0.217. The molecule has 3 aromatic carbocycles. The topological polar surface area (TPSA) is 3.24 Å². The number of aryl methyl sites for hydroxylation is 1. The van der Waals surface area contributed by atoms with Crippen molar-refractivity contribution in [2.75, 3.05) is 13.1 Å². The van der Waals surface area contributed by atoms with Crippen molar-refractivity contribution in [1.29, 1.82) is 0 Å². The Morgan fingerprint density at radius 1 is 0.708 bits per heavy atom. The van der Waals surface area contributed by atoms with Gasteiger partial charge in [-0.25, -0.2) is 0 Å². The predicted octanol–water partition coefficient (Wildman–Crippen LogP) is 5.18. The maximum atomic E-state index is 2.60. The van der Waals surface area contributed by atoms with E-state index in [0.717, 1.165) is 13.1 Å². The summed E-state index contributed by atoms with van der Waals surface area (Å²) in [6.07, 6.45) is 0. The second-order valence-electron chi connectivity index (χ2n) is 6.73. The fourth-order valence-corrected chi connectivity index (χ4v) is 3.85. The third-order valence-corrected chi connectivity index (χ3v) is 5.13. The van der Waals surface area contributed by atoms with Gasteiger partial charge in [0, 0.05) is 19.0 Å². The van der Waals surface area contributed by atoms with E-state index in [1.54, 1.807) is 0 Å². The van der Waals surface area contributed by atoms with Crippen LogP contribution >= 0.6 is 0 Å². The monoisotopic (exact) mass is 313 g/mol. The van der Waals surface area contributed by atoms with Crippen molar-refractivity contribution in [2.45, 2.75) is 18.9 Å². The van der Waals surface area contributed by atoms with Gasteiger partial charge in [0.05, 0.1) is 6.04 Å². The Morgan fingerprint density at radius 3 is 1.75 bits per heavy atom. The molecule has 0 N–H and O–H groups in total. The molecule has 1 heterocycles. The third kappa shape index (κ3) is 2.88. The van der Waals surface area contributed by atoms with Crippen LogP contribution in [-0.2, 0) is 0 Å². The first-order chi connectivity index (χ1) is 11.8. The van der Waals surface area contributed by atoms with Gasteiger partial charge in [-0.15, -0.1) is 0 Å². The molecule has 1 aliphatic heterocycles. The smallest absolute Gasteiger partial charge is 0.0602 e. The zero-order valence-corrected chi connectivity index (χ0v) is 14.1. The Balaban J connectivity index is 1.59. The minimum Gasteiger partial charge on any atom is -0.291 e. The maximum absolute atomic E-state index is 2.60. The number of hydrogen-bond acceptors (Lipinski definition) is 1. The van der Waals surface area contributed by atoms with Crippen molar-refractivity contribution in [3.63, 3.8) is 0 Å². The number of nitrogens with zero attached hydrogens (tertiary/aromatic N) is 1. The first-order valence-corrected chi connectivity index (χ1v) is 8.72. The van der Waals surface area contributed by atoms with Crippen molar-refractivity contribution in [2.24, 2.45) is 0 Å². The Labute approximate surface area is 144 Å². The molecule has 1 heteroatoms. The lowest BCUT2D eigenvalue weighted by molar-refractivity contribution is 0.111. The number of rotatable bonds is 4. The summed E-state index contributed by atoms with van der Waals surface area (Å²) in [5.74, 6) is 0.654.